The largest absolute Gasteiger partial charge is 0.374 e. The van der Waals surface area contributed by atoms with Crippen LogP contribution >= 0.6 is 0 Å². The van der Waals surface area contributed by atoms with E-state index < -0.39 is 0 Å². The van der Waals surface area contributed by atoms with E-state index in [0.717, 1.165) is 24.4 Å². The molecule has 0 aromatic heterocycles. The van der Waals surface area contributed by atoms with Crippen molar-refractivity contribution in [2.24, 2.45) is 17.8 Å². The average molecular weight is 305 g/mol. The van der Waals surface area contributed by atoms with Gasteiger partial charge in [0.15, 0.2) is 0 Å². The molecule has 0 unspecified atom stereocenters. The first-order valence-electron chi connectivity index (χ1n) is 9.65. The SMILES string of the molecule is C=CCCC1CCC(CCC2CCC(OCC=C)CC2)CC1. The molecule has 0 aromatic rings. The summed E-state index contributed by atoms with van der Waals surface area (Å²) in [4.78, 5) is 0. The number of hydrogen-bond acceptors (Lipinski definition) is 1. The molecule has 2 rings (SSSR count). The van der Waals surface area contributed by atoms with E-state index in [2.05, 4.69) is 19.2 Å². The van der Waals surface area contributed by atoms with Gasteiger partial charge in [0, 0.05) is 0 Å². The Labute approximate surface area is 138 Å². The lowest BCUT2D eigenvalue weighted by molar-refractivity contribution is 0.0326. The molecular weight excluding hydrogens is 268 g/mol. The minimum absolute atomic E-state index is 0.509. The maximum Gasteiger partial charge on any atom is 0.0648 e. The summed E-state index contributed by atoms with van der Waals surface area (Å²) >= 11 is 0. The second kappa shape index (κ2) is 10.3. The average Bonchev–Trinajstić information content (AvgIpc) is 2.58. The van der Waals surface area contributed by atoms with Crippen LogP contribution in [0.25, 0.3) is 0 Å². The summed E-state index contributed by atoms with van der Waals surface area (Å²) in [6.45, 7) is 8.31. The van der Waals surface area contributed by atoms with Gasteiger partial charge in [0.1, 0.15) is 0 Å². The Balaban J connectivity index is 1.54. The van der Waals surface area contributed by atoms with Crippen molar-refractivity contribution in [3.8, 4) is 0 Å². The van der Waals surface area contributed by atoms with Crippen LogP contribution in [-0.4, -0.2) is 12.7 Å². The summed E-state index contributed by atoms with van der Waals surface area (Å²) in [5, 5.41) is 0. The van der Waals surface area contributed by atoms with Crippen molar-refractivity contribution in [3.63, 3.8) is 0 Å². The van der Waals surface area contributed by atoms with E-state index in [-0.39, 0.29) is 0 Å². The minimum atomic E-state index is 0.509. The Kier molecular flexibility index (Phi) is 8.30. The summed E-state index contributed by atoms with van der Waals surface area (Å²) in [5.74, 6) is 2.99. The van der Waals surface area contributed by atoms with Gasteiger partial charge in [-0.15, -0.1) is 13.2 Å². The van der Waals surface area contributed by atoms with E-state index in [0.29, 0.717) is 6.10 Å². The molecule has 1 nitrogen and oxygen atoms in total. The molecule has 0 radical (unpaired) electrons. The van der Waals surface area contributed by atoms with Crippen molar-refractivity contribution in [2.75, 3.05) is 6.61 Å². The van der Waals surface area contributed by atoms with Crippen LogP contribution < -0.4 is 0 Å². The highest BCUT2D eigenvalue weighted by Crippen LogP contribution is 2.36. The highest BCUT2D eigenvalue weighted by atomic mass is 16.5. The lowest BCUT2D eigenvalue weighted by Crippen LogP contribution is -2.22. The van der Waals surface area contributed by atoms with Crippen LogP contribution in [0.1, 0.15) is 77.0 Å². The molecular formula is C21H36O. The maximum absolute atomic E-state index is 5.79. The van der Waals surface area contributed by atoms with Gasteiger partial charge in [0.2, 0.25) is 0 Å². The van der Waals surface area contributed by atoms with Gasteiger partial charge in [-0.1, -0.05) is 50.7 Å². The molecule has 2 aliphatic rings. The monoisotopic (exact) mass is 304 g/mol. The summed E-state index contributed by atoms with van der Waals surface area (Å²) in [5.41, 5.74) is 0. The standard InChI is InChI=1S/C21H36O/c1-3-5-6-18-7-9-19(10-8-18)11-12-20-13-15-21(16-14-20)22-17-4-2/h3-4,18-21H,1-2,5-17H2. The third-order valence-corrected chi connectivity index (χ3v) is 5.97. The van der Waals surface area contributed by atoms with E-state index in [9.17, 15) is 0 Å². The lowest BCUT2D eigenvalue weighted by Gasteiger charge is -2.32. The summed E-state index contributed by atoms with van der Waals surface area (Å²) in [6.07, 6.45) is 21.2. The molecule has 0 aromatic carbocycles. The fourth-order valence-electron chi connectivity index (χ4n) is 4.43. The number of allylic oxidation sites excluding steroid dienone is 1. The maximum atomic E-state index is 5.79. The zero-order chi connectivity index (χ0) is 15.6. The normalized spacial score (nSPS) is 32.5. The van der Waals surface area contributed by atoms with Crippen LogP contribution in [0, 0.1) is 17.8 Å². The summed E-state index contributed by atoms with van der Waals surface area (Å²) in [7, 11) is 0. The van der Waals surface area contributed by atoms with E-state index in [4.69, 9.17) is 4.74 Å². The molecule has 0 N–H and O–H groups in total. The molecule has 0 saturated heterocycles. The van der Waals surface area contributed by atoms with Gasteiger partial charge < -0.3 is 4.74 Å². The van der Waals surface area contributed by atoms with Crippen molar-refractivity contribution in [1.82, 2.24) is 0 Å². The second-order valence-electron chi connectivity index (χ2n) is 7.59. The van der Waals surface area contributed by atoms with Gasteiger partial charge in [-0.3, -0.25) is 0 Å². The van der Waals surface area contributed by atoms with Crippen molar-refractivity contribution in [2.45, 2.75) is 83.2 Å². The number of rotatable bonds is 9. The molecule has 1 heteroatoms. The van der Waals surface area contributed by atoms with Gasteiger partial charge in [-0.25, -0.2) is 0 Å². The Bertz CT molecular complexity index is 274. The first kappa shape index (κ1) is 17.8. The molecule has 2 saturated carbocycles. The summed E-state index contributed by atoms with van der Waals surface area (Å²) < 4.78 is 5.79. The van der Waals surface area contributed by atoms with Gasteiger partial charge in [0.25, 0.3) is 0 Å². The van der Waals surface area contributed by atoms with Gasteiger partial charge in [-0.05, 0) is 56.3 Å². The van der Waals surface area contributed by atoms with Gasteiger partial charge >= 0.3 is 0 Å². The van der Waals surface area contributed by atoms with Crippen molar-refractivity contribution in [3.05, 3.63) is 25.3 Å². The quantitative estimate of drug-likeness (QED) is 0.454. The smallest absolute Gasteiger partial charge is 0.0648 e. The Morgan fingerprint density at radius 2 is 1.18 bits per heavy atom. The molecule has 2 aliphatic carbocycles. The zero-order valence-corrected chi connectivity index (χ0v) is 14.5. The van der Waals surface area contributed by atoms with Crippen molar-refractivity contribution < 1.29 is 4.74 Å². The number of hydrogen-bond donors (Lipinski definition) is 0. The first-order chi connectivity index (χ1) is 10.8. The highest BCUT2D eigenvalue weighted by Gasteiger charge is 2.24. The molecule has 0 aliphatic heterocycles. The second-order valence-corrected chi connectivity index (χ2v) is 7.59. The fraction of sp³-hybridized carbons (Fsp3) is 0.810. The molecule has 2 fully saturated rings. The predicted molar refractivity (Wildman–Crippen MR) is 96.0 cm³/mol. The van der Waals surface area contributed by atoms with Crippen LogP contribution in [0.15, 0.2) is 25.3 Å². The van der Waals surface area contributed by atoms with Gasteiger partial charge in [-0.2, -0.15) is 0 Å². The topological polar surface area (TPSA) is 9.23 Å². The molecule has 0 bridgehead atoms. The third kappa shape index (κ3) is 6.28. The van der Waals surface area contributed by atoms with Crippen LogP contribution in [0.4, 0.5) is 0 Å². The molecule has 0 atom stereocenters. The van der Waals surface area contributed by atoms with Crippen LogP contribution in [0.5, 0.6) is 0 Å². The van der Waals surface area contributed by atoms with Gasteiger partial charge in [0.05, 0.1) is 12.7 Å². The van der Waals surface area contributed by atoms with Crippen LogP contribution in [-0.2, 0) is 4.74 Å². The first-order valence-corrected chi connectivity index (χ1v) is 9.65. The molecule has 0 spiro atoms. The molecule has 22 heavy (non-hydrogen) atoms. The fourth-order valence-corrected chi connectivity index (χ4v) is 4.43. The number of ether oxygens (including phenoxy) is 1. The molecule has 126 valence electrons. The minimum Gasteiger partial charge on any atom is -0.374 e. The summed E-state index contributed by atoms with van der Waals surface area (Å²) in [6, 6.07) is 0. The Morgan fingerprint density at radius 1 is 0.682 bits per heavy atom. The lowest BCUT2D eigenvalue weighted by atomic mass is 9.76. The molecule has 0 heterocycles. The highest BCUT2D eigenvalue weighted by molar-refractivity contribution is 4.79. The third-order valence-electron chi connectivity index (χ3n) is 5.97. The van der Waals surface area contributed by atoms with E-state index in [1.165, 1.54) is 77.0 Å². The molecule has 0 amide bonds. The zero-order valence-electron chi connectivity index (χ0n) is 14.5. The van der Waals surface area contributed by atoms with E-state index in [1.54, 1.807) is 0 Å². The van der Waals surface area contributed by atoms with E-state index >= 15 is 0 Å². The van der Waals surface area contributed by atoms with Crippen molar-refractivity contribution in [1.29, 1.82) is 0 Å². The Morgan fingerprint density at radius 3 is 1.68 bits per heavy atom. The van der Waals surface area contributed by atoms with Crippen molar-refractivity contribution >= 4 is 0 Å². The predicted octanol–water partition coefficient (Wildman–Crippen LogP) is 6.30. The Hall–Kier alpha value is -0.560. The van der Waals surface area contributed by atoms with E-state index in [1.807, 2.05) is 6.08 Å². The van der Waals surface area contributed by atoms with Crippen LogP contribution in [0.2, 0.25) is 0 Å². The van der Waals surface area contributed by atoms with Crippen LogP contribution in [0.3, 0.4) is 0 Å².